The van der Waals surface area contributed by atoms with Crippen LogP contribution in [-0.4, -0.2) is 74.7 Å². The monoisotopic (exact) mass is 595 g/mol. The largest absolute Gasteiger partial charge is 0.490 e. The van der Waals surface area contributed by atoms with Gasteiger partial charge in [0.05, 0.1) is 5.69 Å². The van der Waals surface area contributed by atoms with Crippen molar-refractivity contribution in [3.63, 3.8) is 0 Å². The first kappa shape index (κ1) is 30.9. The van der Waals surface area contributed by atoms with Crippen molar-refractivity contribution in [1.29, 1.82) is 0 Å². The van der Waals surface area contributed by atoms with Gasteiger partial charge in [-0.15, -0.1) is 0 Å². The maximum Gasteiger partial charge on any atom is 0.326 e. The van der Waals surface area contributed by atoms with Crippen LogP contribution < -0.4 is 15.4 Å². The molecule has 0 spiro atoms. The SMILES string of the molecule is Cc1ncccc1OCCN(CCCCc1ccc2c(n1)NCCC2)CCC(Nc1ncncc1-c1ccccc1)C(=O)O. The highest BCUT2D eigenvalue weighted by molar-refractivity contribution is 5.81. The minimum Gasteiger partial charge on any atom is -0.490 e. The van der Waals surface area contributed by atoms with E-state index in [0.29, 0.717) is 31.9 Å². The van der Waals surface area contributed by atoms with E-state index in [1.807, 2.05) is 49.4 Å². The number of carbonyl (C=O) groups is 1. The van der Waals surface area contributed by atoms with Crippen LogP contribution in [0.25, 0.3) is 11.1 Å². The summed E-state index contributed by atoms with van der Waals surface area (Å²) in [6, 6.07) is 17.1. The van der Waals surface area contributed by atoms with Crippen molar-refractivity contribution >= 4 is 17.6 Å². The summed E-state index contributed by atoms with van der Waals surface area (Å²) in [5.74, 6) is 1.39. The lowest BCUT2D eigenvalue weighted by Crippen LogP contribution is -2.37. The Morgan fingerprint density at radius 1 is 1.07 bits per heavy atom. The topological polar surface area (TPSA) is 125 Å². The molecule has 0 saturated carbocycles. The lowest BCUT2D eigenvalue weighted by atomic mass is 10.1. The van der Waals surface area contributed by atoms with E-state index in [0.717, 1.165) is 79.3 Å². The molecular formula is C34H41N7O3. The fraction of sp³-hybridized carbons (Fsp3) is 0.382. The van der Waals surface area contributed by atoms with Gasteiger partial charge < -0.3 is 20.5 Å². The molecule has 1 atom stereocenters. The zero-order valence-corrected chi connectivity index (χ0v) is 25.3. The predicted octanol–water partition coefficient (Wildman–Crippen LogP) is 5.26. The maximum atomic E-state index is 12.4. The van der Waals surface area contributed by atoms with Crippen LogP contribution in [-0.2, 0) is 17.6 Å². The Morgan fingerprint density at radius 3 is 2.80 bits per heavy atom. The van der Waals surface area contributed by atoms with Crippen LogP contribution in [0.4, 0.5) is 11.6 Å². The van der Waals surface area contributed by atoms with Crippen molar-refractivity contribution in [2.45, 2.75) is 51.5 Å². The van der Waals surface area contributed by atoms with Crippen LogP contribution in [0.15, 0.2) is 73.3 Å². The summed E-state index contributed by atoms with van der Waals surface area (Å²) in [4.78, 5) is 32.3. The normalized spacial score (nSPS) is 13.1. The molecule has 4 heterocycles. The smallest absolute Gasteiger partial charge is 0.326 e. The first-order chi connectivity index (χ1) is 21.6. The molecule has 230 valence electrons. The number of aromatic nitrogens is 4. The number of pyridine rings is 2. The Bertz CT molecular complexity index is 1500. The van der Waals surface area contributed by atoms with E-state index in [1.54, 1.807) is 12.4 Å². The molecular weight excluding hydrogens is 554 g/mol. The van der Waals surface area contributed by atoms with Gasteiger partial charge in [-0.3, -0.25) is 9.88 Å². The molecule has 1 aliphatic rings. The fourth-order valence-corrected chi connectivity index (χ4v) is 5.40. The number of rotatable bonds is 16. The van der Waals surface area contributed by atoms with Gasteiger partial charge in [-0.2, -0.15) is 0 Å². The van der Waals surface area contributed by atoms with Crippen molar-refractivity contribution in [3.8, 4) is 16.9 Å². The minimum atomic E-state index is -0.920. The number of hydrogen-bond acceptors (Lipinski definition) is 9. The Labute approximate surface area is 259 Å². The van der Waals surface area contributed by atoms with Crippen molar-refractivity contribution in [2.24, 2.45) is 0 Å². The Kier molecular flexibility index (Phi) is 11.1. The summed E-state index contributed by atoms with van der Waals surface area (Å²) >= 11 is 0. The summed E-state index contributed by atoms with van der Waals surface area (Å²) in [5.41, 5.74) is 4.94. The Hall–Kier alpha value is -4.57. The molecule has 44 heavy (non-hydrogen) atoms. The first-order valence-electron chi connectivity index (χ1n) is 15.4. The lowest BCUT2D eigenvalue weighted by Gasteiger charge is -2.25. The number of nitrogens with one attached hydrogen (secondary N) is 2. The number of carboxylic acid groups (broad SMARTS) is 1. The minimum absolute atomic E-state index is 0.400. The Morgan fingerprint density at radius 2 is 1.95 bits per heavy atom. The van der Waals surface area contributed by atoms with E-state index in [2.05, 4.69) is 42.6 Å². The molecule has 10 nitrogen and oxygen atoms in total. The van der Waals surface area contributed by atoms with Gasteiger partial charge in [-0.1, -0.05) is 36.4 Å². The van der Waals surface area contributed by atoms with Crippen LogP contribution >= 0.6 is 0 Å². The quantitative estimate of drug-likeness (QED) is 0.148. The van der Waals surface area contributed by atoms with E-state index in [1.165, 1.54) is 11.9 Å². The second-order valence-electron chi connectivity index (χ2n) is 11.0. The zero-order valence-electron chi connectivity index (χ0n) is 25.3. The molecule has 0 aliphatic carbocycles. The van der Waals surface area contributed by atoms with Gasteiger partial charge in [0.1, 0.15) is 36.4 Å². The van der Waals surface area contributed by atoms with Crippen LogP contribution in [0.3, 0.4) is 0 Å². The van der Waals surface area contributed by atoms with Crippen molar-refractivity contribution < 1.29 is 14.6 Å². The highest BCUT2D eigenvalue weighted by Gasteiger charge is 2.21. The highest BCUT2D eigenvalue weighted by atomic mass is 16.5. The average Bonchev–Trinajstić information content (AvgIpc) is 3.05. The fourth-order valence-electron chi connectivity index (χ4n) is 5.40. The molecule has 3 N–H and O–H groups in total. The van der Waals surface area contributed by atoms with E-state index >= 15 is 0 Å². The number of nitrogens with zero attached hydrogens (tertiary/aromatic N) is 5. The number of benzene rings is 1. The molecule has 3 aromatic heterocycles. The third-order valence-electron chi connectivity index (χ3n) is 7.87. The molecule has 1 aliphatic heterocycles. The van der Waals surface area contributed by atoms with E-state index < -0.39 is 12.0 Å². The van der Waals surface area contributed by atoms with Crippen molar-refractivity contribution in [3.05, 3.63) is 90.3 Å². The second kappa shape index (κ2) is 15.8. The summed E-state index contributed by atoms with van der Waals surface area (Å²) in [5, 5.41) is 16.7. The molecule has 0 amide bonds. The molecule has 0 bridgehead atoms. The average molecular weight is 596 g/mol. The summed E-state index contributed by atoms with van der Waals surface area (Å²) in [6.07, 6.45) is 10.4. The van der Waals surface area contributed by atoms with Gasteiger partial charge in [0.2, 0.25) is 0 Å². The molecule has 1 aromatic carbocycles. The van der Waals surface area contributed by atoms with Gasteiger partial charge in [0.15, 0.2) is 0 Å². The molecule has 5 rings (SSSR count). The highest BCUT2D eigenvalue weighted by Crippen LogP contribution is 2.26. The van der Waals surface area contributed by atoms with Gasteiger partial charge >= 0.3 is 5.97 Å². The van der Waals surface area contributed by atoms with Gasteiger partial charge in [-0.05, 0) is 81.3 Å². The Balaban J connectivity index is 1.19. The maximum absolute atomic E-state index is 12.4. The summed E-state index contributed by atoms with van der Waals surface area (Å²) in [7, 11) is 0. The van der Waals surface area contributed by atoms with Crippen LogP contribution in [0.2, 0.25) is 0 Å². The van der Waals surface area contributed by atoms with Crippen LogP contribution in [0.5, 0.6) is 5.75 Å². The molecule has 4 aromatic rings. The molecule has 0 radical (unpaired) electrons. The number of aliphatic carboxylic acids is 1. The summed E-state index contributed by atoms with van der Waals surface area (Å²) in [6.45, 7) is 5.48. The van der Waals surface area contributed by atoms with Crippen molar-refractivity contribution in [2.75, 3.05) is 43.4 Å². The van der Waals surface area contributed by atoms with Crippen LogP contribution in [0, 0.1) is 6.92 Å². The number of fused-ring (bicyclic) bond motifs is 1. The first-order valence-corrected chi connectivity index (χ1v) is 15.4. The number of aryl methyl sites for hydroxylation is 3. The number of anilines is 2. The summed E-state index contributed by atoms with van der Waals surface area (Å²) < 4.78 is 6.04. The molecule has 0 fully saturated rings. The number of carboxylic acids is 1. The number of hydrogen-bond donors (Lipinski definition) is 3. The van der Waals surface area contributed by atoms with E-state index in [4.69, 9.17) is 9.72 Å². The predicted molar refractivity (Wildman–Crippen MR) is 172 cm³/mol. The number of unbranched alkanes of at least 4 members (excludes halogenated alkanes) is 1. The third kappa shape index (κ3) is 8.73. The molecule has 0 saturated heterocycles. The van der Waals surface area contributed by atoms with Gasteiger partial charge in [0.25, 0.3) is 0 Å². The van der Waals surface area contributed by atoms with Crippen LogP contribution in [0.1, 0.15) is 42.6 Å². The lowest BCUT2D eigenvalue weighted by molar-refractivity contribution is -0.138. The van der Waals surface area contributed by atoms with E-state index in [9.17, 15) is 9.90 Å². The zero-order chi connectivity index (χ0) is 30.6. The van der Waals surface area contributed by atoms with E-state index in [-0.39, 0.29) is 0 Å². The standard InChI is InChI=1S/C34H41N7O3/c1-25-31(13-8-17-36-25)44-22-21-41(19-6-5-12-28-15-14-27-11-7-18-37-32(27)39-28)20-16-30(34(42)43)40-33-29(23-35-24-38-33)26-9-3-2-4-10-26/h2-4,8-10,13-15,17,23-24,30H,5-7,11-12,16,18-22H2,1H3,(H,37,39)(H,42,43)(H,35,38,40). The molecule has 1 unspecified atom stereocenters. The second-order valence-corrected chi connectivity index (χ2v) is 11.0. The number of ether oxygens (including phenoxy) is 1. The van der Waals surface area contributed by atoms with Gasteiger partial charge in [0, 0.05) is 43.3 Å². The molecule has 10 heteroatoms. The van der Waals surface area contributed by atoms with Crippen molar-refractivity contribution in [1.82, 2.24) is 24.8 Å². The van der Waals surface area contributed by atoms with Gasteiger partial charge in [-0.25, -0.2) is 19.7 Å². The third-order valence-corrected chi connectivity index (χ3v) is 7.87.